The van der Waals surface area contributed by atoms with Crippen LogP contribution in [0.1, 0.15) is 33.1 Å². The minimum atomic E-state index is -0.770. The third kappa shape index (κ3) is 8.81. The van der Waals surface area contributed by atoms with Gasteiger partial charge in [0.2, 0.25) is 0 Å². The highest BCUT2D eigenvalue weighted by atomic mass is 16.5. The SMILES string of the molecule is COCCNC(=O)NC(C)CCCC(C)C(=O)O. The summed E-state index contributed by atoms with van der Waals surface area (Å²) < 4.78 is 4.81. The van der Waals surface area contributed by atoms with E-state index in [-0.39, 0.29) is 18.0 Å². The van der Waals surface area contributed by atoms with E-state index in [0.717, 1.165) is 12.8 Å². The Labute approximate surface area is 108 Å². The van der Waals surface area contributed by atoms with Crippen LogP contribution < -0.4 is 10.6 Å². The number of nitrogens with one attached hydrogen (secondary N) is 2. The molecule has 0 heterocycles. The van der Waals surface area contributed by atoms with Gasteiger partial charge in [-0.2, -0.15) is 0 Å². The van der Waals surface area contributed by atoms with Gasteiger partial charge < -0.3 is 20.5 Å². The molecule has 0 radical (unpaired) electrons. The first kappa shape index (κ1) is 16.7. The molecule has 0 aromatic heterocycles. The molecule has 2 amide bonds. The van der Waals surface area contributed by atoms with Gasteiger partial charge in [0.05, 0.1) is 12.5 Å². The predicted molar refractivity (Wildman–Crippen MR) is 68.5 cm³/mol. The Morgan fingerprint density at radius 3 is 2.50 bits per heavy atom. The molecule has 6 nitrogen and oxygen atoms in total. The number of carbonyl (C=O) groups is 2. The van der Waals surface area contributed by atoms with Gasteiger partial charge in [0.25, 0.3) is 0 Å². The number of methoxy groups -OCH3 is 1. The van der Waals surface area contributed by atoms with E-state index in [1.54, 1.807) is 14.0 Å². The van der Waals surface area contributed by atoms with E-state index < -0.39 is 5.97 Å². The summed E-state index contributed by atoms with van der Waals surface area (Å²) in [7, 11) is 1.58. The molecule has 18 heavy (non-hydrogen) atoms. The molecule has 6 heteroatoms. The Bertz CT molecular complexity index is 258. The standard InChI is InChI=1S/C12H24N2O4/c1-9(11(15)16)5-4-6-10(2)14-12(17)13-7-8-18-3/h9-10H,4-8H2,1-3H3,(H,15,16)(H2,13,14,17). The van der Waals surface area contributed by atoms with Gasteiger partial charge in [-0.3, -0.25) is 4.79 Å². The summed E-state index contributed by atoms with van der Waals surface area (Å²) in [5, 5.41) is 14.2. The predicted octanol–water partition coefficient (Wildman–Crippen LogP) is 1.21. The first-order valence-corrected chi connectivity index (χ1v) is 6.23. The average molecular weight is 260 g/mol. The fourth-order valence-electron chi connectivity index (χ4n) is 1.47. The van der Waals surface area contributed by atoms with Crippen LogP contribution in [0.4, 0.5) is 4.79 Å². The smallest absolute Gasteiger partial charge is 0.315 e. The molecule has 0 spiro atoms. The van der Waals surface area contributed by atoms with Gasteiger partial charge in [-0.25, -0.2) is 4.79 Å². The molecule has 0 fully saturated rings. The highest BCUT2D eigenvalue weighted by molar-refractivity contribution is 5.74. The summed E-state index contributed by atoms with van der Waals surface area (Å²) in [6.07, 6.45) is 2.19. The Morgan fingerprint density at radius 2 is 1.94 bits per heavy atom. The monoisotopic (exact) mass is 260 g/mol. The number of carbonyl (C=O) groups excluding carboxylic acids is 1. The summed E-state index contributed by atoms with van der Waals surface area (Å²) in [4.78, 5) is 22.0. The number of hydrogen-bond acceptors (Lipinski definition) is 3. The van der Waals surface area contributed by atoms with E-state index >= 15 is 0 Å². The Morgan fingerprint density at radius 1 is 1.28 bits per heavy atom. The Hall–Kier alpha value is -1.30. The zero-order valence-corrected chi connectivity index (χ0v) is 11.4. The Balaban J connectivity index is 3.61. The van der Waals surface area contributed by atoms with Crippen molar-refractivity contribution in [2.24, 2.45) is 5.92 Å². The van der Waals surface area contributed by atoms with Gasteiger partial charge in [0, 0.05) is 19.7 Å². The van der Waals surface area contributed by atoms with Gasteiger partial charge in [-0.1, -0.05) is 13.3 Å². The van der Waals surface area contributed by atoms with E-state index in [4.69, 9.17) is 9.84 Å². The number of amides is 2. The molecule has 0 aromatic carbocycles. The second-order valence-corrected chi connectivity index (χ2v) is 4.46. The van der Waals surface area contributed by atoms with Crippen molar-refractivity contribution in [1.82, 2.24) is 10.6 Å². The van der Waals surface area contributed by atoms with Crippen molar-refractivity contribution in [2.75, 3.05) is 20.3 Å². The number of carboxylic acid groups (broad SMARTS) is 1. The minimum Gasteiger partial charge on any atom is -0.481 e. The van der Waals surface area contributed by atoms with E-state index in [1.807, 2.05) is 6.92 Å². The molecule has 0 saturated carbocycles. The lowest BCUT2D eigenvalue weighted by Gasteiger charge is -2.15. The van der Waals surface area contributed by atoms with Crippen LogP contribution in [0, 0.1) is 5.92 Å². The summed E-state index contributed by atoms with van der Waals surface area (Å²) in [6, 6.07) is -0.181. The number of urea groups is 1. The largest absolute Gasteiger partial charge is 0.481 e. The number of aliphatic carboxylic acids is 1. The molecule has 0 aliphatic heterocycles. The molecular weight excluding hydrogens is 236 g/mol. The number of ether oxygens (including phenoxy) is 1. The van der Waals surface area contributed by atoms with Crippen molar-refractivity contribution >= 4 is 12.0 Å². The zero-order valence-electron chi connectivity index (χ0n) is 11.4. The van der Waals surface area contributed by atoms with E-state index in [1.165, 1.54) is 0 Å². The molecule has 2 unspecified atom stereocenters. The van der Waals surface area contributed by atoms with Gasteiger partial charge in [0.15, 0.2) is 0 Å². The summed E-state index contributed by atoms with van der Waals surface area (Å²) >= 11 is 0. The van der Waals surface area contributed by atoms with Gasteiger partial charge in [-0.05, 0) is 19.8 Å². The summed E-state index contributed by atoms with van der Waals surface area (Å²) in [5.74, 6) is -1.10. The van der Waals surface area contributed by atoms with E-state index in [2.05, 4.69) is 10.6 Å². The topological polar surface area (TPSA) is 87.7 Å². The Kier molecular flexibility index (Phi) is 9.00. The number of carboxylic acids is 1. The first-order chi connectivity index (χ1) is 8.47. The van der Waals surface area contributed by atoms with Crippen molar-refractivity contribution in [3.63, 3.8) is 0 Å². The van der Waals surface area contributed by atoms with E-state index in [9.17, 15) is 9.59 Å². The molecule has 0 rings (SSSR count). The highest BCUT2D eigenvalue weighted by Crippen LogP contribution is 2.09. The van der Waals surface area contributed by atoms with Crippen molar-refractivity contribution in [2.45, 2.75) is 39.2 Å². The molecule has 2 atom stereocenters. The van der Waals surface area contributed by atoms with Crippen molar-refractivity contribution in [1.29, 1.82) is 0 Å². The van der Waals surface area contributed by atoms with Crippen LogP contribution >= 0.6 is 0 Å². The van der Waals surface area contributed by atoms with Crippen LogP contribution in [-0.2, 0) is 9.53 Å². The van der Waals surface area contributed by atoms with Gasteiger partial charge in [-0.15, -0.1) is 0 Å². The molecule has 0 saturated heterocycles. The summed E-state index contributed by atoms with van der Waals surface area (Å²) in [6.45, 7) is 4.56. The second-order valence-electron chi connectivity index (χ2n) is 4.46. The minimum absolute atomic E-state index is 0.0357. The first-order valence-electron chi connectivity index (χ1n) is 6.23. The van der Waals surface area contributed by atoms with E-state index in [0.29, 0.717) is 19.6 Å². The quantitative estimate of drug-likeness (QED) is 0.544. The molecule has 3 N–H and O–H groups in total. The molecule has 0 aliphatic rings. The highest BCUT2D eigenvalue weighted by Gasteiger charge is 2.12. The molecule has 0 aliphatic carbocycles. The van der Waals surface area contributed by atoms with Crippen LogP contribution in [0.2, 0.25) is 0 Å². The average Bonchev–Trinajstić information content (AvgIpc) is 2.28. The maximum Gasteiger partial charge on any atom is 0.315 e. The number of rotatable bonds is 9. The van der Waals surface area contributed by atoms with Crippen LogP contribution in [-0.4, -0.2) is 43.4 Å². The third-order valence-electron chi connectivity index (χ3n) is 2.67. The fourth-order valence-corrected chi connectivity index (χ4v) is 1.47. The van der Waals surface area contributed by atoms with Crippen LogP contribution in [0.15, 0.2) is 0 Å². The lowest BCUT2D eigenvalue weighted by atomic mass is 10.0. The lowest BCUT2D eigenvalue weighted by Crippen LogP contribution is -2.41. The third-order valence-corrected chi connectivity index (χ3v) is 2.67. The van der Waals surface area contributed by atoms with Crippen molar-refractivity contribution in [3.05, 3.63) is 0 Å². The lowest BCUT2D eigenvalue weighted by molar-refractivity contribution is -0.141. The molecule has 106 valence electrons. The number of hydrogen-bond donors (Lipinski definition) is 3. The fraction of sp³-hybridized carbons (Fsp3) is 0.833. The summed E-state index contributed by atoms with van der Waals surface area (Å²) in [5.41, 5.74) is 0. The second kappa shape index (κ2) is 9.70. The van der Waals surface area contributed by atoms with Crippen LogP contribution in [0.5, 0.6) is 0 Å². The maximum atomic E-state index is 11.4. The van der Waals surface area contributed by atoms with Gasteiger partial charge >= 0.3 is 12.0 Å². The molecular formula is C12H24N2O4. The maximum absolute atomic E-state index is 11.4. The molecule has 0 bridgehead atoms. The normalized spacial score (nSPS) is 13.7. The van der Waals surface area contributed by atoms with Crippen LogP contribution in [0.3, 0.4) is 0 Å². The zero-order chi connectivity index (χ0) is 14.0. The van der Waals surface area contributed by atoms with Crippen LogP contribution in [0.25, 0.3) is 0 Å². The molecule has 0 aromatic rings. The van der Waals surface area contributed by atoms with Crippen molar-refractivity contribution in [3.8, 4) is 0 Å². The van der Waals surface area contributed by atoms with Gasteiger partial charge in [0.1, 0.15) is 0 Å². The van der Waals surface area contributed by atoms with Crippen molar-refractivity contribution < 1.29 is 19.4 Å².